The smallest absolute Gasteiger partial charge is 0.331 e. The first-order chi connectivity index (χ1) is 6.45. The standard InChI is InChI=1S/C10H17NO3/c1-5-11(6-2)9(12)7(3)8(4)10(13)14/h5-6H2,1-4H3,(H,13,14)/b8-7-. The fraction of sp³-hybridized carbons (Fsp3) is 0.600. The minimum absolute atomic E-state index is 0.113. The van der Waals surface area contributed by atoms with Crippen molar-refractivity contribution in [2.45, 2.75) is 27.7 Å². The van der Waals surface area contributed by atoms with E-state index in [1.165, 1.54) is 6.92 Å². The molecular formula is C10H17NO3. The highest BCUT2D eigenvalue weighted by Crippen LogP contribution is 2.07. The summed E-state index contributed by atoms with van der Waals surface area (Å²) in [6.45, 7) is 7.91. The van der Waals surface area contributed by atoms with E-state index >= 15 is 0 Å². The fourth-order valence-electron chi connectivity index (χ4n) is 1.07. The highest BCUT2D eigenvalue weighted by molar-refractivity contribution is 6.01. The first-order valence-electron chi connectivity index (χ1n) is 4.65. The SMILES string of the molecule is CCN(CC)C(=O)/C(C)=C(/C)C(=O)O. The molecular weight excluding hydrogens is 182 g/mol. The molecule has 0 heterocycles. The number of carbonyl (C=O) groups excluding carboxylic acids is 1. The van der Waals surface area contributed by atoms with Crippen LogP contribution in [0, 0.1) is 0 Å². The molecule has 1 amide bonds. The number of aliphatic carboxylic acids is 1. The Kier molecular flexibility index (Phi) is 4.91. The van der Waals surface area contributed by atoms with E-state index in [1.54, 1.807) is 11.8 Å². The zero-order valence-corrected chi connectivity index (χ0v) is 9.13. The van der Waals surface area contributed by atoms with Crippen molar-refractivity contribution in [1.29, 1.82) is 0 Å². The summed E-state index contributed by atoms with van der Waals surface area (Å²) >= 11 is 0. The third kappa shape index (κ3) is 2.87. The number of carbonyl (C=O) groups is 2. The molecule has 0 aromatic carbocycles. The number of hydrogen-bond donors (Lipinski definition) is 1. The maximum atomic E-state index is 11.7. The van der Waals surface area contributed by atoms with Gasteiger partial charge in [-0.3, -0.25) is 4.79 Å². The average molecular weight is 199 g/mol. The third-order valence-electron chi connectivity index (χ3n) is 2.25. The number of carboxylic acids is 1. The van der Waals surface area contributed by atoms with Crippen LogP contribution in [-0.4, -0.2) is 35.0 Å². The summed E-state index contributed by atoms with van der Waals surface area (Å²) in [6, 6.07) is 0. The van der Waals surface area contributed by atoms with Crippen LogP contribution in [0.4, 0.5) is 0 Å². The van der Waals surface area contributed by atoms with Gasteiger partial charge in [0, 0.05) is 24.2 Å². The molecule has 0 fully saturated rings. The summed E-state index contributed by atoms with van der Waals surface area (Å²) in [5, 5.41) is 8.70. The van der Waals surface area contributed by atoms with E-state index in [2.05, 4.69) is 0 Å². The molecule has 0 spiro atoms. The molecule has 0 aromatic heterocycles. The van der Waals surface area contributed by atoms with E-state index in [-0.39, 0.29) is 11.5 Å². The van der Waals surface area contributed by atoms with Gasteiger partial charge in [-0.25, -0.2) is 4.79 Å². The number of likely N-dealkylation sites (N-methyl/N-ethyl adjacent to an activating group) is 1. The summed E-state index contributed by atoms with van der Waals surface area (Å²) in [7, 11) is 0. The Morgan fingerprint density at radius 1 is 1.07 bits per heavy atom. The fourth-order valence-corrected chi connectivity index (χ4v) is 1.07. The van der Waals surface area contributed by atoms with Crippen LogP contribution in [0.15, 0.2) is 11.1 Å². The van der Waals surface area contributed by atoms with Gasteiger partial charge in [-0.15, -0.1) is 0 Å². The minimum atomic E-state index is -1.04. The predicted molar refractivity (Wildman–Crippen MR) is 53.9 cm³/mol. The molecule has 0 aliphatic rings. The Labute approximate surface area is 84.2 Å². The predicted octanol–water partition coefficient (Wildman–Crippen LogP) is 1.28. The zero-order valence-electron chi connectivity index (χ0n) is 9.13. The van der Waals surface area contributed by atoms with Gasteiger partial charge in [0.05, 0.1) is 0 Å². The Bertz CT molecular complexity index is 265. The Morgan fingerprint density at radius 2 is 1.50 bits per heavy atom. The molecule has 0 aliphatic heterocycles. The number of rotatable bonds is 4. The van der Waals surface area contributed by atoms with Crippen LogP contribution in [0.25, 0.3) is 0 Å². The second-order valence-electron chi connectivity index (χ2n) is 3.03. The van der Waals surface area contributed by atoms with Crippen molar-refractivity contribution in [3.63, 3.8) is 0 Å². The van der Waals surface area contributed by atoms with Crippen molar-refractivity contribution in [3.8, 4) is 0 Å². The van der Waals surface area contributed by atoms with Crippen LogP contribution in [0.5, 0.6) is 0 Å². The van der Waals surface area contributed by atoms with Crippen LogP contribution >= 0.6 is 0 Å². The highest BCUT2D eigenvalue weighted by atomic mass is 16.4. The van der Waals surface area contributed by atoms with Gasteiger partial charge in [-0.1, -0.05) is 0 Å². The minimum Gasteiger partial charge on any atom is -0.478 e. The lowest BCUT2D eigenvalue weighted by Gasteiger charge is -2.19. The second-order valence-corrected chi connectivity index (χ2v) is 3.03. The molecule has 0 saturated heterocycles. The maximum Gasteiger partial charge on any atom is 0.331 e. The average Bonchev–Trinajstić information content (AvgIpc) is 2.17. The monoisotopic (exact) mass is 199 g/mol. The Hall–Kier alpha value is -1.32. The molecule has 0 aliphatic carbocycles. The summed E-state index contributed by atoms with van der Waals surface area (Å²) in [5.41, 5.74) is 0.420. The third-order valence-corrected chi connectivity index (χ3v) is 2.25. The van der Waals surface area contributed by atoms with Gasteiger partial charge < -0.3 is 10.0 Å². The molecule has 14 heavy (non-hydrogen) atoms. The van der Waals surface area contributed by atoms with E-state index in [0.717, 1.165) is 0 Å². The lowest BCUT2D eigenvalue weighted by Crippen LogP contribution is -2.31. The van der Waals surface area contributed by atoms with Crippen molar-refractivity contribution in [1.82, 2.24) is 4.90 Å². The first kappa shape index (κ1) is 12.7. The summed E-state index contributed by atoms with van der Waals surface area (Å²) < 4.78 is 0. The second kappa shape index (κ2) is 5.42. The van der Waals surface area contributed by atoms with Gasteiger partial charge in [-0.05, 0) is 27.7 Å². The van der Waals surface area contributed by atoms with Crippen molar-refractivity contribution in [3.05, 3.63) is 11.1 Å². The van der Waals surface area contributed by atoms with Gasteiger partial charge in [0.15, 0.2) is 0 Å². The molecule has 0 atom stereocenters. The molecule has 4 nitrogen and oxygen atoms in total. The summed E-state index contributed by atoms with van der Waals surface area (Å²) in [4.78, 5) is 23.9. The molecule has 1 N–H and O–H groups in total. The Morgan fingerprint density at radius 3 is 1.79 bits per heavy atom. The van der Waals surface area contributed by atoms with Crippen molar-refractivity contribution in [2.75, 3.05) is 13.1 Å². The van der Waals surface area contributed by atoms with Crippen molar-refractivity contribution >= 4 is 11.9 Å². The van der Waals surface area contributed by atoms with Crippen molar-refractivity contribution in [2.24, 2.45) is 0 Å². The summed E-state index contributed by atoms with van der Waals surface area (Å²) in [6.07, 6.45) is 0. The number of carboxylic acid groups (broad SMARTS) is 1. The van der Waals surface area contributed by atoms with Crippen LogP contribution in [0.2, 0.25) is 0 Å². The van der Waals surface area contributed by atoms with Crippen LogP contribution < -0.4 is 0 Å². The number of nitrogens with zero attached hydrogens (tertiary/aromatic N) is 1. The largest absolute Gasteiger partial charge is 0.478 e. The molecule has 0 rings (SSSR count). The first-order valence-corrected chi connectivity index (χ1v) is 4.65. The topological polar surface area (TPSA) is 57.6 Å². The van der Waals surface area contributed by atoms with E-state index < -0.39 is 5.97 Å². The molecule has 0 unspecified atom stereocenters. The Balaban J connectivity index is 4.85. The summed E-state index contributed by atoms with van der Waals surface area (Å²) in [5.74, 6) is -1.24. The quantitative estimate of drug-likeness (QED) is 0.694. The van der Waals surface area contributed by atoms with Crippen LogP contribution in [0.1, 0.15) is 27.7 Å². The van der Waals surface area contributed by atoms with E-state index in [9.17, 15) is 9.59 Å². The van der Waals surface area contributed by atoms with Gasteiger partial charge in [0.25, 0.3) is 0 Å². The number of hydrogen-bond acceptors (Lipinski definition) is 2. The van der Waals surface area contributed by atoms with Gasteiger partial charge >= 0.3 is 5.97 Å². The van der Waals surface area contributed by atoms with Gasteiger partial charge in [0.1, 0.15) is 0 Å². The molecule has 0 aromatic rings. The zero-order chi connectivity index (χ0) is 11.3. The van der Waals surface area contributed by atoms with Gasteiger partial charge in [-0.2, -0.15) is 0 Å². The normalized spacial score (nSPS) is 12.0. The van der Waals surface area contributed by atoms with Crippen molar-refractivity contribution < 1.29 is 14.7 Å². The molecule has 80 valence electrons. The lowest BCUT2D eigenvalue weighted by atomic mass is 10.1. The van der Waals surface area contributed by atoms with Crippen LogP contribution in [0.3, 0.4) is 0 Å². The van der Waals surface area contributed by atoms with Gasteiger partial charge in [0.2, 0.25) is 5.91 Å². The molecule has 0 saturated carbocycles. The lowest BCUT2D eigenvalue weighted by molar-refractivity contribution is -0.133. The van der Waals surface area contributed by atoms with E-state index in [0.29, 0.717) is 18.7 Å². The molecule has 0 radical (unpaired) electrons. The van der Waals surface area contributed by atoms with Crippen LogP contribution in [-0.2, 0) is 9.59 Å². The van der Waals surface area contributed by atoms with E-state index in [1.807, 2.05) is 13.8 Å². The highest BCUT2D eigenvalue weighted by Gasteiger charge is 2.16. The van der Waals surface area contributed by atoms with E-state index in [4.69, 9.17) is 5.11 Å². The molecule has 4 heteroatoms. The maximum absolute atomic E-state index is 11.7. The molecule has 0 bridgehead atoms. The number of amides is 1.